The maximum atomic E-state index is 11.7. The van der Waals surface area contributed by atoms with Crippen LogP contribution in [0.4, 0.5) is 11.4 Å². The number of esters is 1. The maximum Gasteiger partial charge on any atom is 0.340 e. The standard InChI is InChI=1S/C13H19N3O3/c1-4-15-12(17)8(2)16-11-9(13(18)19-3)6-5-7-10(11)14/h5-8,16H,4,14H2,1-3H3,(H,15,17). The number of anilines is 2. The molecule has 0 radical (unpaired) electrons. The van der Waals surface area contributed by atoms with E-state index in [0.29, 0.717) is 23.5 Å². The number of methoxy groups -OCH3 is 1. The van der Waals surface area contributed by atoms with Gasteiger partial charge >= 0.3 is 5.97 Å². The number of hydrogen-bond donors (Lipinski definition) is 3. The Hall–Kier alpha value is -2.24. The monoisotopic (exact) mass is 265 g/mol. The van der Waals surface area contributed by atoms with Crippen LogP contribution in [0, 0.1) is 0 Å². The average Bonchev–Trinajstić information content (AvgIpc) is 2.40. The quantitative estimate of drug-likeness (QED) is 0.545. The fraction of sp³-hybridized carbons (Fsp3) is 0.385. The van der Waals surface area contributed by atoms with Gasteiger partial charge < -0.3 is 21.1 Å². The van der Waals surface area contributed by atoms with Crippen molar-refractivity contribution < 1.29 is 14.3 Å². The van der Waals surface area contributed by atoms with Crippen LogP contribution >= 0.6 is 0 Å². The Labute approximate surface area is 112 Å². The Morgan fingerprint density at radius 3 is 2.68 bits per heavy atom. The van der Waals surface area contributed by atoms with E-state index in [4.69, 9.17) is 5.73 Å². The van der Waals surface area contributed by atoms with Crippen molar-refractivity contribution in [3.8, 4) is 0 Å². The van der Waals surface area contributed by atoms with Gasteiger partial charge in [0.05, 0.1) is 24.0 Å². The molecule has 0 heterocycles. The average molecular weight is 265 g/mol. The first-order valence-corrected chi connectivity index (χ1v) is 6.02. The third kappa shape index (κ3) is 3.61. The van der Waals surface area contributed by atoms with Crippen molar-refractivity contribution in [2.24, 2.45) is 0 Å². The molecule has 1 aromatic carbocycles. The Morgan fingerprint density at radius 1 is 1.42 bits per heavy atom. The van der Waals surface area contributed by atoms with Gasteiger partial charge in [0, 0.05) is 6.54 Å². The van der Waals surface area contributed by atoms with Crippen LogP contribution in [0.1, 0.15) is 24.2 Å². The summed E-state index contributed by atoms with van der Waals surface area (Å²) in [5.41, 5.74) is 6.94. The fourth-order valence-electron chi connectivity index (χ4n) is 1.62. The third-order valence-electron chi connectivity index (χ3n) is 2.61. The lowest BCUT2D eigenvalue weighted by Gasteiger charge is -2.18. The highest BCUT2D eigenvalue weighted by atomic mass is 16.5. The van der Waals surface area contributed by atoms with Crippen LogP contribution in [0.5, 0.6) is 0 Å². The van der Waals surface area contributed by atoms with Crippen LogP contribution in [0.25, 0.3) is 0 Å². The smallest absolute Gasteiger partial charge is 0.340 e. The number of rotatable bonds is 5. The van der Waals surface area contributed by atoms with Gasteiger partial charge in [-0.2, -0.15) is 0 Å². The Bertz CT molecular complexity index is 474. The van der Waals surface area contributed by atoms with Gasteiger partial charge in [0.1, 0.15) is 6.04 Å². The van der Waals surface area contributed by atoms with Crippen LogP contribution in [0.15, 0.2) is 18.2 Å². The van der Waals surface area contributed by atoms with E-state index < -0.39 is 12.0 Å². The molecule has 0 aromatic heterocycles. The number of amides is 1. The molecule has 4 N–H and O–H groups in total. The zero-order chi connectivity index (χ0) is 14.4. The number of carbonyl (C=O) groups is 2. The lowest BCUT2D eigenvalue weighted by molar-refractivity contribution is -0.121. The molecule has 6 nitrogen and oxygen atoms in total. The first kappa shape index (κ1) is 14.8. The summed E-state index contributed by atoms with van der Waals surface area (Å²) in [7, 11) is 1.29. The molecular formula is C13H19N3O3. The number of nitrogen functional groups attached to an aromatic ring is 1. The molecule has 0 saturated heterocycles. The molecule has 1 rings (SSSR count). The predicted octanol–water partition coefficient (Wildman–Crippen LogP) is 0.992. The normalized spacial score (nSPS) is 11.5. The Kier molecular flexibility index (Phi) is 5.17. The van der Waals surface area contributed by atoms with E-state index in [1.54, 1.807) is 25.1 Å². The molecule has 0 saturated carbocycles. The van der Waals surface area contributed by atoms with Crippen LogP contribution in [-0.2, 0) is 9.53 Å². The van der Waals surface area contributed by atoms with E-state index >= 15 is 0 Å². The number of likely N-dealkylation sites (N-methyl/N-ethyl adjacent to an activating group) is 1. The second-order valence-electron chi connectivity index (χ2n) is 4.02. The highest BCUT2D eigenvalue weighted by molar-refractivity contribution is 5.99. The first-order valence-electron chi connectivity index (χ1n) is 6.02. The number of ether oxygens (including phenoxy) is 1. The summed E-state index contributed by atoms with van der Waals surface area (Å²) in [5.74, 6) is -0.667. The molecule has 0 fully saturated rings. The molecule has 1 atom stereocenters. The number of benzene rings is 1. The molecule has 0 bridgehead atoms. The lowest BCUT2D eigenvalue weighted by atomic mass is 10.1. The van der Waals surface area contributed by atoms with Gasteiger partial charge in [-0.25, -0.2) is 4.79 Å². The van der Waals surface area contributed by atoms with E-state index in [1.807, 2.05) is 6.92 Å². The molecule has 0 aliphatic heterocycles. The molecule has 104 valence electrons. The summed E-state index contributed by atoms with van der Waals surface area (Å²) in [5, 5.41) is 5.63. The van der Waals surface area contributed by atoms with Gasteiger partial charge in [0.25, 0.3) is 0 Å². The number of nitrogens with one attached hydrogen (secondary N) is 2. The van der Waals surface area contributed by atoms with Gasteiger partial charge in [-0.3, -0.25) is 4.79 Å². The number of carbonyl (C=O) groups excluding carboxylic acids is 2. The molecule has 1 aromatic rings. The van der Waals surface area contributed by atoms with Gasteiger partial charge in [-0.15, -0.1) is 0 Å². The molecule has 0 aliphatic rings. The van der Waals surface area contributed by atoms with Gasteiger partial charge in [-0.05, 0) is 26.0 Å². The van der Waals surface area contributed by atoms with E-state index in [9.17, 15) is 9.59 Å². The van der Waals surface area contributed by atoms with Gasteiger partial charge in [0.15, 0.2) is 0 Å². The Morgan fingerprint density at radius 2 is 2.11 bits per heavy atom. The van der Waals surface area contributed by atoms with Crippen molar-refractivity contribution in [2.75, 3.05) is 24.7 Å². The Balaban J connectivity index is 2.99. The van der Waals surface area contributed by atoms with Crippen LogP contribution < -0.4 is 16.4 Å². The van der Waals surface area contributed by atoms with Crippen LogP contribution in [0.3, 0.4) is 0 Å². The molecular weight excluding hydrogens is 246 g/mol. The summed E-state index contributed by atoms with van der Waals surface area (Å²) in [6.07, 6.45) is 0. The van der Waals surface area contributed by atoms with E-state index in [2.05, 4.69) is 15.4 Å². The summed E-state index contributed by atoms with van der Waals surface area (Å²) in [6.45, 7) is 4.07. The van der Waals surface area contributed by atoms with E-state index in [1.165, 1.54) is 7.11 Å². The van der Waals surface area contributed by atoms with Gasteiger partial charge in [-0.1, -0.05) is 6.07 Å². The third-order valence-corrected chi connectivity index (χ3v) is 2.61. The molecule has 6 heteroatoms. The second-order valence-corrected chi connectivity index (χ2v) is 4.02. The van der Waals surface area contributed by atoms with Crippen molar-refractivity contribution in [3.63, 3.8) is 0 Å². The van der Waals surface area contributed by atoms with E-state index in [0.717, 1.165) is 0 Å². The maximum absolute atomic E-state index is 11.7. The van der Waals surface area contributed by atoms with Crippen molar-refractivity contribution in [1.82, 2.24) is 5.32 Å². The van der Waals surface area contributed by atoms with E-state index in [-0.39, 0.29) is 5.91 Å². The van der Waals surface area contributed by atoms with Crippen molar-refractivity contribution in [3.05, 3.63) is 23.8 Å². The number of nitrogens with two attached hydrogens (primary N) is 1. The first-order chi connectivity index (χ1) is 9.01. The predicted molar refractivity (Wildman–Crippen MR) is 74.0 cm³/mol. The molecule has 0 aliphatic carbocycles. The van der Waals surface area contributed by atoms with Crippen LogP contribution in [0.2, 0.25) is 0 Å². The van der Waals surface area contributed by atoms with Crippen molar-refractivity contribution in [2.45, 2.75) is 19.9 Å². The molecule has 19 heavy (non-hydrogen) atoms. The number of hydrogen-bond acceptors (Lipinski definition) is 5. The largest absolute Gasteiger partial charge is 0.465 e. The molecule has 1 amide bonds. The minimum Gasteiger partial charge on any atom is -0.465 e. The highest BCUT2D eigenvalue weighted by Crippen LogP contribution is 2.24. The van der Waals surface area contributed by atoms with Crippen molar-refractivity contribution >= 4 is 23.3 Å². The topological polar surface area (TPSA) is 93.5 Å². The summed E-state index contributed by atoms with van der Waals surface area (Å²) < 4.78 is 4.69. The lowest BCUT2D eigenvalue weighted by Crippen LogP contribution is -2.37. The van der Waals surface area contributed by atoms with Gasteiger partial charge in [0.2, 0.25) is 5.91 Å². The second kappa shape index (κ2) is 6.63. The number of para-hydroxylation sites is 1. The molecule has 1 unspecified atom stereocenters. The zero-order valence-electron chi connectivity index (χ0n) is 11.3. The molecule has 0 spiro atoms. The highest BCUT2D eigenvalue weighted by Gasteiger charge is 2.18. The fourth-order valence-corrected chi connectivity index (χ4v) is 1.62. The summed E-state index contributed by atoms with van der Waals surface area (Å²) >= 11 is 0. The SMILES string of the molecule is CCNC(=O)C(C)Nc1c(N)cccc1C(=O)OC. The minimum atomic E-state index is -0.506. The van der Waals surface area contributed by atoms with Crippen LogP contribution in [-0.4, -0.2) is 31.6 Å². The minimum absolute atomic E-state index is 0.165. The summed E-state index contributed by atoms with van der Waals surface area (Å²) in [6, 6.07) is 4.39. The summed E-state index contributed by atoms with van der Waals surface area (Å²) in [4.78, 5) is 23.3. The van der Waals surface area contributed by atoms with Crippen molar-refractivity contribution in [1.29, 1.82) is 0 Å². The zero-order valence-corrected chi connectivity index (χ0v) is 11.3.